The number of nitrogens with zero attached hydrogens (tertiary/aromatic N) is 1. The first kappa shape index (κ1) is 21.1. The predicted molar refractivity (Wildman–Crippen MR) is 120 cm³/mol. The Morgan fingerprint density at radius 2 is 1.62 bits per heavy atom. The average molecular weight is 473 g/mol. The lowest BCUT2D eigenvalue weighted by atomic mass is 10.1. The van der Waals surface area contributed by atoms with E-state index in [0.717, 1.165) is 19.9 Å². The minimum atomic E-state index is -3.93. The first-order chi connectivity index (χ1) is 13.8. The minimum Gasteiger partial charge on any atom is -0.323 e. The van der Waals surface area contributed by atoms with Crippen molar-refractivity contribution in [3.8, 4) is 0 Å². The highest BCUT2D eigenvalue weighted by Gasteiger charge is 2.28. The van der Waals surface area contributed by atoms with E-state index in [1.165, 1.54) is 12.1 Å². The van der Waals surface area contributed by atoms with Crippen molar-refractivity contribution < 1.29 is 13.2 Å². The summed E-state index contributed by atoms with van der Waals surface area (Å²) in [7, 11) is -3.93. The molecular weight excluding hydrogens is 452 g/mol. The number of hydrogen-bond donors (Lipinski definition) is 1. The summed E-state index contributed by atoms with van der Waals surface area (Å²) in [5.74, 6) is -0.434. The zero-order chi connectivity index (χ0) is 21.0. The van der Waals surface area contributed by atoms with Gasteiger partial charge in [0, 0.05) is 4.47 Å². The average Bonchev–Trinajstić information content (AvgIpc) is 2.69. The normalized spacial score (nSPS) is 11.1. The summed E-state index contributed by atoms with van der Waals surface area (Å²) in [4.78, 5) is 12.9. The Morgan fingerprint density at radius 3 is 2.28 bits per heavy atom. The lowest BCUT2D eigenvalue weighted by Gasteiger charge is -2.26. The SMILES string of the molecule is Cc1ccc(N(CC(=O)Nc2ccccc2Br)S(=O)(=O)c2ccccc2)c(C)c1. The predicted octanol–water partition coefficient (Wildman–Crippen LogP) is 4.90. The number of para-hydroxylation sites is 1. The second kappa shape index (κ2) is 8.80. The Labute approximate surface area is 179 Å². The molecule has 0 aliphatic rings. The first-order valence-electron chi connectivity index (χ1n) is 8.98. The van der Waals surface area contributed by atoms with Crippen LogP contribution in [-0.2, 0) is 14.8 Å². The van der Waals surface area contributed by atoms with Crippen molar-refractivity contribution in [3.63, 3.8) is 0 Å². The maximum atomic E-state index is 13.4. The van der Waals surface area contributed by atoms with Gasteiger partial charge in [-0.1, -0.05) is 48.0 Å². The summed E-state index contributed by atoms with van der Waals surface area (Å²) in [6.07, 6.45) is 0. The van der Waals surface area contributed by atoms with Crippen molar-refractivity contribution in [1.82, 2.24) is 0 Å². The largest absolute Gasteiger partial charge is 0.323 e. The molecule has 0 bridgehead atoms. The van der Waals surface area contributed by atoms with Crippen LogP contribution in [0, 0.1) is 13.8 Å². The van der Waals surface area contributed by atoms with Crippen LogP contribution in [0.15, 0.2) is 82.2 Å². The van der Waals surface area contributed by atoms with Crippen LogP contribution >= 0.6 is 15.9 Å². The van der Waals surface area contributed by atoms with Gasteiger partial charge in [0.15, 0.2) is 0 Å². The molecule has 150 valence electrons. The zero-order valence-corrected chi connectivity index (χ0v) is 18.5. The third-order valence-corrected chi connectivity index (χ3v) is 6.85. The van der Waals surface area contributed by atoms with Crippen LogP contribution in [0.3, 0.4) is 0 Å². The van der Waals surface area contributed by atoms with Gasteiger partial charge in [0.05, 0.1) is 16.3 Å². The third kappa shape index (κ3) is 4.86. The van der Waals surface area contributed by atoms with Crippen molar-refractivity contribution in [1.29, 1.82) is 0 Å². The summed E-state index contributed by atoms with van der Waals surface area (Å²) in [5.41, 5.74) is 2.84. The molecule has 5 nitrogen and oxygen atoms in total. The topological polar surface area (TPSA) is 66.5 Å². The summed E-state index contributed by atoms with van der Waals surface area (Å²) >= 11 is 3.39. The Balaban J connectivity index is 1.99. The number of amides is 1. The zero-order valence-electron chi connectivity index (χ0n) is 16.1. The lowest BCUT2D eigenvalue weighted by molar-refractivity contribution is -0.114. The second-order valence-corrected chi connectivity index (χ2v) is 9.36. The number of rotatable bonds is 6. The molecule has 3 aromatic carbocycles. The Kier molecular flexibility index (Phi) is 6.39. The highest BCUT2D eigenvalue weighted by molar-refractivity contribution is 9.10. The first-order valence-corrected chi connectivity index (χ1v) is 11.2. The van der Waals surface area contributed by atoms with Crippen LogP contribution in [-0.4, -0.2) is 20.9 Å². The van der Waals surface area contributed by atoms with Crippen LogP contribution < -0.4 is 9.62 Å². The molecule has 0 fully saturated rings. The molecule has 0 saturated heterocycles. The van der Waals surface area contributed by atoms with E-state index in [9.17, 15) is 13.2 Å². The highest BCUT2D eigenvalue weighted by Crippen LogP contribution is 2.28. The molecule has 3 aromatic rings. The number of anilines is 2. The quantitative estimate of drug-likeness (QED) is 0.554. The number of carbonyl (C=O) groups excluding carboxylic acids is 1. The summed E-state index contributed by atoms with van der Waals surface area (Å²) in [5, 5.41) is 2.77. The molecule has 0 heterocycles. The molecule has 1 N–H and O–H groups in total. The van der Waals surface area contributed by atoms with Crippen molar-refractivity contribution in [3.05, 3.63) is 88.4 Å². The number of aryl methyl sites for hydroxylation is 2. The second-order valence-electron chi connectivity index (χ2n) is 6.64. The lowest BCUT2D eigenvalue weighted by Crippen LogP contribution is -2.38. The number of sulfonamides is 1. The van der Waals surface area contributed by atoms with E-state index < -0.39 is 15.9 Å². The molecule has 0 spiro atoms. The van der Waals surface area contributed by atoms with Gasteiger partial charge in [-0.25, -0.2) is 8.42 Å². The van der Waals surface area contributed by atoms with Gasteiger partial charge in [0.1, 0.15) is 6.54 Å². The molecule has 0 unspecified atom stereocenters. The Bertz CT molecular complexity index is 1130. The van der Waals surface area contributed by atoms with Crippen molar-refractivity contribution in [2.24, 2.45) is 0 Å². The molecule has 0 atom stereocenters. The van der Waals surface area contributed by atoms with Crippen molar-refractivity contribution in [2.75, 3.05) is 16.2 Å². The number of halogens is 1. The monoisotopic (exact) mass is 472 g/mol. The fourth-order valence-electron chi connectivity index (χ4n) is 2.99. The number of carbonyl (C=O) groups is 1. The van der Waals surface area contributed by atoms with Gasteiger partial charge in [0.25, 0.3) is 10.0 Å². The maximum Gasteiger partial charge on any atom is 0.264 e. The number of benzene rings is 3. The molecule has 0 saturated carbocycles. The van der Waals surface area contributed by atoms with Crippen LogP contribution in [0.4, 0.5) is 11.4 Å². The van der Waals surface area contributed by atoms with Gasteiger partial charge in [0.2, 0.25) is 5.91 Å². The molecule has 0 aliphatic heterocycles. The van der Waals surface area contributed by atoms with Gasteiger partial charge in [-0.2, -0.15) is 0 Å². The summed E-state index contributed by atoms with van der Waals surface area (Å²) in [6.45, 7) is 3.43. The van der Waals surface area contributed by atoms with Crippen molar-refractivity contribution >= 4 is 43.2 Å². The fraction of sp³-hybridized carbons (Fsp3) is 0.136. The van der Waals surface area contributed by atoms with Crippen LogP contribution in [0.1, 0.15) is 11.1 Å². The van der Waals surface area contributed by atoms with Gasteiger partial charge in [-0.15, -0.1) is 0 Å². The number of hydrogen-bond acceptors (Lipinski definition) is 3. The van der Waals surface area contributed by atoms with Crippen molar-refractivity contribution in [2.45, 2.75) is 18.7 Å². The molecule has 0 aromatic heterocycles. The highest BCUT2D eigenvalue weighted by atomic mass is 79.9. The molecular formula is C22H21BrN2O3S. The standard InChI is InChI=1S/C22H21BrN2O3S/c1-16-12-13-21(17(2)14-16)25(29(27,28)18-8-4-3-5-9-18)15-22(26)24-20-11-7-6-10-19(20)23/h3-14H,15H2,1-2H3,(H,24,26). The van der Waals surface area contributed by atoms with Gasteiger partial charge < -0.3 is 5.32 Å². The summed E-state index contributed by atoms with van der Waals surface area (Å²) < 4.78 is 28.6. The molecule has 7 heteroatoms. The van der Waals surface area contributed by atoms with Gasteiger partial charge >= 0.3 is 0 Å². The van der Waals surface area contributed by atoms with E-state index in [1.54, 1.807) is 42.5 Å². The Morgan fingerprint density at radius 1 is 0.966 bits per heavy atom. The van der Waals surface area contributed by atoms with Crippen LogP contribution in [0.5, 0.6) is 0 Å². The van der Waals surface area contributed by atoms with E-state index in [-0.39, 0.29) is 11.4 Å². The van der Waals surface area contributed by atoms with E-state index in [4.69, 9.17) is 0 Å². The van der Waals surface area contributed by atoms with Crippen LogP contribution in [0.2, 0.25) is 0 Å². The Hall–Kier alpha value is -2.64. The smallest absolute Gasteiger partial charge is 0.264 e. The molecule has 3 rings (SSSR count). The molecule has 0 radical (unpaired) electrons. The van der Waals surface area contributed by atoms with E-state index in [1.807, 2.05) is 32.0 Å². The summed E-state index contributed by atoms with van der Waals surface area (Å²) in [6, 6.07) is 20.8. The third-order valence-electron chi connectivity index (χ3n) is 4.39. The minimum absolute atomic E-state index is 0.133. The molecule has 1 amide bonds. The van der Waals surface area contributed by atoms with Gasteiger partial charge in [-0.05, 0) is 65.7 Å². The van der Waals surface area contributed by atoms with E-state index in [2.05, 4.69) is 21.2 Å². The van der Waals surface area contributed by atoms with E-state index in [0.29, 0.717) is 11.4 Å². The van der Waals surface area contributed by atoms with Crippen LogP contribution in [0.25, 0.3) is 0 Å². The molecule has 29 heavy (non-hydrogen) atoms. The molecule has 0 aliphatic carbocycles. The number of nitrogens with one attached hydrogen (secondary N) is 1. The fourth-order valence-corrected chi connectivity index (χ4v) is 4.88. The maximum absolute atomic E-state index is 13.4. The van der Waals surface area contributed by atoms with Gasteiger partial charge in [-0.3, -0.25) is 9.10 Å². The van der Waals surface area contributed by atoms with E-state index >= 15 is 0 Å².